The van der Waals surface area contributed by atoms with E-state index in [9.17, 15) is 13.2 Å². The van der Waals surface area contributed by atoms with Gasteiger partial charge in [0.2, 0.25) is 0 Å². The van der Waals surface area contributed by atoms with Crippen molar-refractivity contribution in [3.05, 3.63) is 101 Å². The number of fused-ring (bicyclic) bond motifs is 1. The molecule has 0 saturated heterocycles. The number of para-hydroxylation sites is 1. The van der Waals surface area contributed by atoms with Crippen LogP contribution < -0.4 is 4.90 Å². The Balaban J connectivity index is 1.76. The van der Waals surface area contributed by atoms with Gasteiger partial charge in [-0.2, -0.15) is 13.2 Å². The van der Waals surface area contributed by atoms with E-state index >= 15 is 0 Å². The molecule has 3 aromatic carbocycles. The molecule has 0 amide bonds. The summed E-state index contributed by atoms with van der Waals surface area (Å²) in [6.07, 6.45) is -3.55. The van der Waals surface area contributed by atoms with E-state index < -0.39 is 11.7 Å². The van der Waals surface area contributed by atoms with E-state index in [0.29, 0.717) is 5.56 Å². The van der Waals surface area contributed by atoms with Crippen molar-refractivity contribution in [2.24, 2.45) is 0 Å². The molecule has 0 bridgehead atoms. The van der Waals surface area contributed by atoms with Crippen LogP contribution in [0.1, 0.15) is 28.3 Å². The summed E-state index contributed by atoms with van der Waals surface area (Å²) in [4.78, 5) is 2.09. The molecule has 0 fully saturated rings. The maximum Gasteiger partial charge on any atom is 0.416 e. The van der Waals surface area contributed by atoms with Gasteiger partial charge in [0.05, 0.1) is 11.6 Å². The second-order valence-electron chi connectivity index (χ2n) is 6.54. The lowest BCUT2D eigenvalue weighted by Crippen LogP contribution is -2.26. The number of nitrogens with zero attached hydrogens (tertiary/aromatic N) is 1. The van der Waals surface area contributed by atoms with Crippen molar-refractivity contribution in [2.45, 2.75) is 25.2 Å². The molecule has 4 rings (SSSR count). The normalized spacial score (nSPS) is 16.6. The Morgan fingerprint density at radius 1 is 0.808 bits per heavy atom. The maximum absolute atomic E-state index is 13.4. The van der Waals surface area contributed by atoms with Gasteiger partial charge in [-0.15, -0.1) is 0 Å². The molecule has 0 N–H and O–H groups in total. The van der Waals surface area contributed by atoms with Gasteiger partial charge in [0.15, 0.2) is 0 Å². The van der Waals surface area contributed by atoms with E-state index in [1.54, 1.807) is 12.1 Å². The highest BCUT2D eigenvalue weighted by Gasteiger charge is 2.35. The Morgan fingerprint density at radius 2 is 1.46 bits per heavy atom. The minimum atomic E-state index is -4.35. The van der Waals surface area contributed by atoms with Crippen LogP contribution in [0.5, 0.6) is 0 Å². The molecule has 1 atom stereocenters. The largest absolute Gasteiger partial charge is 0.416 e. The predicted molar refractivity (Wildman–Crippen MR) is 97.0 cm³/mol. The monoisotopic (exact) mass is 353 g/mol. The van der Waals surface area contributed by atoms with Gasteiger partial charge in [0, 0.05) is 12.2 Å². The summed E-state index contributed by atoms with van der Waals surface area (Å²) in [5.41, 5.74) is 3.05. The molecule has 0 unspecified atom stereocenters. The van der Waals surface area contributed by atoms with Gasteiger partial charge in [-0.05, 0) is 35.2 Å². The molecule has 0 aromatic heterocycles. The Labute approximate surface area is 150 Å². The van der Waals surface area contributed by atoms with E-state index in [1.165, 1.54) is 11.6 Å². The molecular weight excluding hydrogens is 335 g/mol. The molecule has 0 radical (unpaired) electrons. The number of benzene rings is 3. The van der Waals surface area contributed by atoms with E-state index in [4.69, 9.17) is 0 Å². The Hall–Kier alpha value is -2.75. The van der Waals surface area contributed by atoms with Crippen molar-refractivity contribution in [1.82, 2.24) is 0 Å². The first-order valence-electron chi connectivity index (χ1n) is 8.58. The minimum Gasteiger partial charge on any atom is -0.360 e. The van der Waals surface area contributed by atoms with E-state index in [2.05, 4.69) is 11.0 Å². The summed E-state index contributed by atoms with van der Waals surface area (Å²) in [7, 11) is 0. The van der Waals surface area contributed by atoms with Gasteiger partial charge in [0.25, 0.3) is 0 Å². The van der Waals surface area contributed by atoms with E-state index in [1.807, 2.05) is 48.5 Å². The first kappa shape index (κ1) is 16.7. The molecule has 1 heterocycles. The smallest absolute Gasteiger partial charge is 0.360 e. The van der Waals surface area contributed by atoms with Gasteiger partial charge in [-0.25, -0.2) is 0 Å². The van der Waals surface area contributed by atoms with Gasteiger partial charge >= 0.3 is 6.18 Å². The number of hydrogen-bond donors (Lipinski definition) is 0. The third kappa shape index (κ3) is 3.07. The van der Waals surface area contributed by atoms with Crippen LogP contribution in [0.25, 0.3) is 0 Å². The zero-order valence-electron chi connectivity index (χ0n) is 14.1. The summed E-state index contributed by atoms with van der Waals surface area (Å²) < 4.78 is 40.3. The van der Waals surface area contributed by atoms with Crippen LogP contribution >= 0.6 is 0 Å². The fraction of sp³-hybridized carbons (Fsp3) is 0.182. The maximum atomic E-state index is 13.4. The first-order chi connectivity index (χ1) is 12.5. The molecule has 4 heteroatoms. The van der Waals surface area contributed by atoms with Crippen molar-refractivity contribution < 1.29 is 13.2 Å². The summed E-state index contributed by atoms with van der Waals surface area (Å²) in [6, 6.07) is 23.8. The quantitative estimate of drug-likeness (QED) is 0.557. The molecular formula is C22H18F3N. The van der Waals surface area contributed by atoms with E-state index in [-0.39, 0.29) is 12.6 Å². The molecule has 1 aliphatic heterocycles. The van der Waals surface area contributed by atoms with Crippen LogP contribution in [0.4, 0.5) is 18.9 Å². The topological polar surface area (TPSA) is 3.24 Å². The minimum absolute atomic E-state index is 0.0369. The summed E-state index contributed by atoms with van der Waals surface area (Å²) in [5, 5.41) is 0. The zero-order chi connectivity index (χ0) is 18.1. The van der Waals surface area contributed by atoms with Gasteiger partial charge in [-0.1, -0.05) is 66.7 Å². The number of anilines is 1. The Kier molecular flexibility index (Phi) is 4.19. The highest BCUT2D eigenvalue weighted by molar-refractivity contribution is 5.61. The molecule has 3 aromatic rings. The second kappa shape index (κ2) is 6.52. The Morgan fingerprint density at radius 3 is 2.23 bits per heavy atom. The first-order valence-corrected chi connectivity index (χ1v) is 8.58. The molecule has 0 saturated carbocycles. The van der Waals surface area contributed by atoms with Crippen LogP contribution in [0.2, 0.25) is 0 Å². The predicted octanol–water partition coefficient (Wildman–Crippen LogP) is 6.01. The highest BCUT2D eigenvalue weighted by Crippen LogP contribution is 2.42. The average molecular weight is 353 g/mol. The Bertz CT molecular complexity index is 903. The van der Waals surface area contributed by atoms with Crippen LogP contribution in [0.3, 0.4) is 0 Å². The summed E-state index contributed by atoms with van der Waals surface area (Å²) in [5.74, 6) is 0. The number of alkyl halides is 3. The fourth-order valence-electron chi connectivity index (χ4n) is 3.74. The number of rotatable bonds is 3. The van der Waals surface area contributed by atoms with Crippen molar-refractivity contribution >= 4 is 5.69 Å². The fourth-order valence-corrected chi connectivity index (χ4v) is 3.74. The lowest BCUT2D eigenvalue weighted by atomic mass is 10.0. The van der Waals surface area contributed by atoms with Crippen molar-refractivity contribution in [3.63, 3.8) is 0 Å². The molecule has 1 nitrogen and oxygen atoms in total. The average Bonchev–Trinajstić information content (AvgIpc) is 3.01. The van der Waals surface area contributed by atoms with Crippen LogP contribution in [0, 0.1) is 0 Å². The van der Waals surface area contributed by atoms with Gasteiger partial charge < -0.3 is 4.90 Å². The second-order valence-corrected chi connectivity index (χ2v) is 6.54. The summed E-state index contributed by atoms with van der Waals surface area (Å²) >= 11 is 0. The third-order valence-corrected chi connectivity index (χ3v) is 4.94. The molecule has 1 aliphatic rings. The van der Waals surface area contributed by atoms with Crippen molar-refractivity contribution in [1.29, 1.82) is 0 Å². The lowest BCUT2D eigenvalue weighted by Gasteiger charge is -2.29. The van der Waals surface area contributed by atoms with Gasteiger partial charge in [-0.3, -0.25) is 0 Å². The van der Waals surface area contributed by atoms with E-state index in [0.717, 1.165) is 23.7 Å². The lowest BCUT2D eigenvalue weighted by molar-refractivity contribution is -0.138. The van der Waals surface area contributed by atoms with Gasteiger partial charge in [0.1, 0.15) is 0 Å². The number of halogens is 3. The van der Waals surface area contributed by atoms with Crippen molar-refractivity contribution in [2.75, 3.05) is 4.90 Å². The molecule has 26 heavy (non-hydrogen) atoms. The van der Waals surface area contributed by atoms with Crippen LogP contribution in [-0.4, -0.2) is 0 Å². The third-order valence-electron chi connectivity index (χ3n) is 4.94. The van der Waals surface area contributed by atoms with Crippen molar-refractivity contribution in [3.8, 4) is 0 Å². The highest BCUT2D eigenvalue weighted by atomic mass is 19.4. The summed E-state index contributed by atoms with van der Waals surface area (Å²) in [6.45, 7) is 0.228. The molecule has 132 valence electrons. The number of hydrogen-bond acceptors (Lipinski definition) is 1. The zero-order valence-corrected chi connectivity index (χ0v) is 14.1. The SMILES string of the molecule is FC(F)(F)c1ccccc1CN1c2ccccc2C[C@H]1c1ccccc1. The molecule has 0 aliphatic carbocycles. The van der Waals surface area contributed by atoms with Crippen LogP contribution in [0.15, 0.2) is 78.9 Å². The van der Waals surface area contributed by atoms with Crippen LogP contribution in [-0.2, 0) is 19.1 Å². The molecule has 0 spiro atoms. The standard InChI is InChI=1S/C22H18F3N/c23-22(24,25)19-12-6-4-11-18(19)15-26-20-13-7-5-10-17(20)14-21(26)16-8-2-1-3-9-16/h1-13,21H,14-15H2/t21-/m0/s1.